The molecule has 0 amide bonds. The van der Waals surface area contributed by atoms with Crippen LogP contribution in [0.15, 0.2) is 24.3 Å². The third kappa shape index (κ3) is 5.48. The summed E-state index contributed by atoms with van der Waals surface area (Å²) >= 11 is 0. The van der Waals surface area contributed by atoms with Crippen LogP contribution in [0.3, 0.4) is 0 Å². The maximum Gasteiger partial charge on any atom is 0.0367 e. The second-order valence-electron chi connectivity index (χ2n) is 10.7. The molecule has 0 bridgehead atoms. The smallest absolute Gasteiger partial charge is 0.0367 e. The van der Waals surface area contributed by atoms with Crippen molar-refractivity contribution in [1.82, 2.24) is 9.80 Å². The Morgan fingerprint density at radius 2 is 1.33 bits per heavy atom. The summed E-state index contributed by atoms with van der Waals surface area (Å²) in [6.07, 6.45) is 2.73. The number of hydrogen-bond donors (Lipinski definition) is 0. The molecule has 2 fully saturated rings. The van der Waals surface area contributed by atoms with Crippen LogP contribution in [0.1, 0.15) is 59.9 Å². The lowest BCUT2D eigenvalue weighted by Crippen LogP contribution is -2.50. The summed E-state index contributed by atoms with van der Waals surface area (Å²) in [6.45, 7) is 22.5. The van der Waals surface area contributed by atoms with Gasteiger partial charge in [0.15, 0.2) is 0 Å². The fourth-order valence-corrected chi connectivity index (χ4v) is 4.51. The first-order valence-electron chi connectivity index (χ1n) is 11.0. The molecular weight excluding hydrogens is 330 g/mol. The first-order chi connectivity index (χ1) is 12.6. The maximum atomic E-state index is 2.71. The molecule has 1 aromatic carbocycles. The number of piperazine rings is 1. The Hall–Kier alpha value is -1.06. The predicted molar refractivity (Wildman–Crippen MR) is 118 cm³/mol. The highest BCUT2D eigenvalue weighted by Crippen LogP contribution is 2.27. The van der Waals surface area contributed by atoms with Gasteiger partial charge in [-0.15, -0.1) is 0 Å². The van der Waals surface area contributed by atoms with Crippen LogP contribution in [-0.4, -0.2) is 61.2 Å². The van der Waals surface area contributed by atoms with Gasteiger partial charge < -0.3 is 4.90 Å². The fraction of sp³-hybridized carbons (Fsp3) is 0.750. The number of anilines is 1. The van der Waals surface area contributed by atoms with Gasteiger partial charge in [-0.2, -0.15) is 0 Å². The molecule has 0 unspecified atom stereocenters. The number of rotatable bonds is 3. The van der Waals surface area contributed by atoms with Crippen LogP contribution in [0.2, 0.25) is 0 Å². The topological polar surface area (TPSA) is 9.72 Å². The Bertz CT molecular complexity index is 578. The molecule has 1 aromatic rings. The number of piperidine rings is 1. The van der Waals surface area contributed by atoms with Crippen molar-refractivity contribution in [2.75, 3.05) is 50.7 Å². The number of nitrogens with zero attached hydrogens (tertiary/aromatic N) is 3. The second kappa shape index (κ2) is 8.13. The van der Waals surface area contributed by atoms with Crippen LogP contribution in [0.5, 0.6) is 0 Å². The van der Waals surface area contributed by atoms with E-state index in [1.165, 1.54) is 56.8 Å². The van der Waals surface area contributed by atoms with Gasteiger partial charge in [-0.1, -0.05) is 32.9 Å². The molecule has 0 spiro atoms. The Morgan fingerprint density at radius 3 is 1.81 bits per heavy atom. The van der Waals surface area contributed by atoms with Crippen LogP contribution in [-0.2, 0) is 5.41 Å². The molecule has 0 N–H and O–H groups in total. The molecule has 3 nitrogen and oxygen atoms in total. The minimum Gasteiger partial charge on any atom is -0.369 e. The van der Waals surface area contributed by atoms with Crippen molar-refractivity contribution in [3.63, 3.8) is 0 Å². The summed E-state index contributed by atoms with van der Waals surface area (Å²) in [6, 6.07) is 9.26. The van der Waals surface area contributed by atoms with Crippen molar-refractivity contribution in [3.8, 4) is 0 Å². The maximum absolute atomic E-state index is 2.71. The van der Waals surface area contributed by atoms with E-state index in [0.717, 1.165) is 19.0 Å². The molecule has 0 radical (unpaired) electrons. The zero-order valence-electron chi connectivity index (χ0n) is 18.6. The van der Waals surface area contributed by atoms with E-state index in [2.05, 4.69) is 80.5 Å². The van der Waals surface area contributed by atoms with Crippen molar-refractivity contribution in [2.45, 2.75) is 65.3 Å². The molecule has 2 saturated heterocycles. The van der Waals surface area contributed by atoms with Gasteiger partial charge in [0.2, 0.25) is 0 Å². The largest absolute Gasteiger partial charge is 0.369 e. The van der Waals surface area contributed by atoms with Gasteiger partial charge >= 0.3 is 0 Å². The van der Waals surface area contributed by atoms with E-state index in [9.17, 15) is 0 Å². The number of benzene rings is 1. The lowest BCUT2D eigenvalue weighted by molar-refractivity contribution is 0.0735. The third-order valence-corrected chi connectivity index (χ3v) is 6.55. The molecule has 3 rings (SSSR count). The molecule has 0 atom stereocenters. The predicted octanol–water partition coefficient (Wildman–Crippen LogP) is 4.62. The highest BCUT2D eigenvalue weighted by molar-refractivity contribution is 5.49. The lowest BCUT2D eigenvalue weighted by atomic mass is 9.87. The molecule has 3 heteroatoms. The van der Waals surface area contributed by atoms with Crippen molar-refractivity contribution in [3.05, 3.63) is 29.8 Å². The molecule has 0 aromatic heterocycles. The number of hydrogen-bond acceptors (Lipinski definition) is 3. The molecule has 27 heavy (non-hydrogen) atoms. The van der Waals surface area contributed by atoms with Gasteiger partial charge in [-0.25, -0.2) is 0 Å². The molecule has 2 heterocycles. The lowest BCUT2D eigenvalue weighted by Gasteiger charge is -2.43. The SMILES string of the molecule is CC(C)(C)c1ccc(N2CCN(CC3CCN(C(C)(C)C)CC3)CC2)cc1. The van der Waals surface area contributed by atoms with E-state index in [0.29, 0.717) is 5.54 Å². The van der Waals surface area contributed by atoms with Gasteiger partial charge in [-0.05, 0) is 75.7 Å². The van der Waals surface area contributed by atoms with Crippen LogP contribution >= 0.6 is 0 Å². The van der Waals surface area contributed by atoms with Crippen LogP contribution in [0.25, 0.3) is 0 Å². The van der Waals surface area contributed by atoms with Crippen molar-refractivity contribution < 1.29 is 0 Å². The summed E-state index contributed by atoms with van der Waals surface area (Å²) in [7, 11) is 0. The summed E-state index contributed by atoms with van der Waals surface area (Å²) in [5, 5.41) is 0. The van der Waals surface area contributed by atoms with Crippen LogP contribution in [0.4, 0.5) is 5.69 Å². The van der Waals surface area contributed by atoms with E-state index in [1.807, 2.05) is 0 Å². The Kier molecular flexibility index (Phi) is 6.22. The molecule has 2 aliphatic rings. The van der Waals surface area contributed by atoms with Gasteiger partial charge in [0.1, 0.15) is 0 Å². The Balaban J connectivity index is 1.44. The summed E-state index contributed by atoms with van der Waals surface area (Å²) in [5.41, 5.74) is 3.38. The van der Waals surface area contributed by atoms with Gasteiger partial charge in [-0.3, -0.25) is 9.80 Å². The second-order valence-corrected chi connectivity index (χ2v) is 10.7. The average Bonchev–Trinajstić information content (AvgIpc) is 2.61. The van der Waals surface area contributed by atoms with E-state index >= 15 is 0 Å². The quantitative estimate of drug-likeness (QED) is 0.768. The van der Waals surface area contributed by atoms with E-state index in [1.54, 1.807) is 0 Å². The van der Waals surface area contributed by atoms with Crippen molar-refractivity contribution in [1.29, 1.82) is 0 Å². The summed E-state index contributed by atoms with van der Waals surface area (Å²) < 4.78 is 0. The molecule has 152 valence electrons. The normalized spacial score (nSPS) is 21.6. The fourth-order valence-electron chi connectivity index (χ4n) is 4.51. The minimum absolute atomic E-state index is 0.236. The van der Waals surface area contributed by atoms with Gasteiger partial charge in [0, 0.05) is 44.0 Å². The average molecular weight is 372 g/mol. The molecule has 0 saturated carbocycles. The Labute approximate surface area is 167 Å². The summed E-state index contributed by atoms with van der Waals surface area (Å²) in [5.74, 6) is 0.890. The summed E-state index contributed by atoms with van der Waals surface area (Å²) in [4.78, 5) is 7.92. The first kappa shape index (κ1) is 20.7. The van der Waals surface area contributed by atoms with E-state index in [4.69, 9.17) is 0 Å². The zero-order valence-corrected chi connectivity index (χ0v) is 18.6. The van der Waals surface area contributed by atoms with E-state index in [-0.39, 0.29) is 5.41 Å². The van der Waals surface area contributed by atoms with Gasteiger partial charge in [0.05, 0.1) is 0 Å². The van der Waals surface area contributed by atoms with Crippen molar-refractivity contribution in [2.24, 2.45) is 5.92 Å². The molecular formula is C24H41N3. The molecule has 0 aliphatic carbocycles. The first-order valence-corrected chi connectivity index (χ1v) is 11.0. The third-order valence-electron chi connectivity index (χ3n) is 6.55. The standard InChI is InChI=1S/C24H41N3/c1-23(2,3)21-7-9-22(10-8-21)26-17-15-25(16-18-26)19-20-11-13-27(14-12-20)24(4,5)6/h7-10,20H,11-19H2,1-6H3. The zero-order chi connectivity index (χ0) is 19.7. The molecule has 2 aliphatic heterocycles. The van der Waals surface area contributed by atoms with Crippen molar-refractivity contribution >= 4 is 5.69 Å². The van der Waals surface area contributed by atoms with Crippen LogP contribution in [0, 0.1) is 5.92 Å². The monoisotopic (exact) mass is 371 g/mol. The van der Waals surface area contributed by atoms with Gasteiger partial charge in [0.25, 0.3) is 0 Å². The van der Waals surface area contributed by atoms with Crippen LogP contribution < -0.4 is 4.90 Å². The highest BCUT2D eigenvalue weighted by Gasteiger charge is 2.28. The van der Waals surface area contributed by atoms with E-state index < -0.39 is 0 Å². The highest BCUT2D eigenvalue weighted by atomic mass is 15.3. The Morgan fingerprint density at radius 1 is 0.778 bits per heavy atom. The minimum atomic E-state index is 0.236. The number of likely N-dealkylation sites (tertiary alicyclic amines) is 1.